The molecule has 0 unspecified atom stereocenters. The summed E-state index contributed by atoms with van der Waals surface area (Å²) >= 11 is 0. The van der Waals surface area contributed by atoms with Crippen LogP contribution in [-0.2, 0) is 14.2 Å². The van der Waals surface area contributed by atoms with Crippen molar-refractivity contribution < 1.29 is 69.0 Å². The fraction of sp³-hybridized carbons (Fsp3) is 0.464. The highest BCUT2D eigenvalue weighted by molar-refractivity contribution is 5.94. The monoisotopic (exact) mass is 608 g/mol. The van der Waals surface area contributed by atoms with Gasteiger partial charge in [0.1, 0.15) is 64.9 Å². The Morgan fingerprint density at radius 2 is 1.67 bits per heavy atom. The van der Waals surface area contributed by atoms with Gasteiger partial charge in [0.2, 0.25) is 5.75 Å². The zero-order chi connectivity index (χ0) is 31.2. The molecular formula is C28H32O15. The topological polar surface area (TPSA) is 238 Å². The van der Waals surface area contributed by atoms with Crippen LogP contribution in [0.4, 0.5) is 0 Å². The molecule has 0 bridgehead atoms. The summed E-state index contributed by atoms with van der Waals surface area (Å²) in [6.45, 7) is -2.19. The van der Waals surface area contributed by atoms with Crippen molar-refractivity contribution in [3.63, 3.8) is 0 Å². The number of phenolic OH excluding ortho intramolecular Hbond substituents is 2. The standard InChI is InChI=1S/C28H32O15/c1-38-21-17(19(34)16-13(32)7-14(41-22(16)25(21)39-2)11-3-5-12(31)6-4-11)23-24(20(35)18(33)15(8-29)42-23)43-27-26(36)28(37,9-30)10-40-27/h3-7,15,18,20,23-24,26-27,29-31,33-37H,8-10H2,1-2H3/t15-,18-,20+,23+,24-,26-,27+,28-/m1/s1. The molecule has 2 fully saturated rings. The van der Waals surface area contributed by atoms with Gasteiger partial charge in [-0.25, -0.2) is 0 Å². The largest absolute Gasteiger partial charge is 0.508 e. The molecule has 2 saturated heterocycles. The molecule has 0 spiro atoms. The Bertz CT molecular complexity index is 1520. The van der Waals surface area contributed by atoms with Crippen LogP contribution >= 0.6 is 0 Å². The van der Waals surface area contributed by atoms with E-state index in [-0.39, 0.29) is 39.5 Å². The molecule has 1 aromatic heterocycles. The van der Waals surface area contributed by atoms with Crippen LogP contribution in [0.25, 0.3) is 22.3 Å². The van der Waals surface area contributed by atoms with Crippen molar-refractivity contribution in [1.82, 2.24) is 0 Å². The Balaban J connectivity index is 1.69. The number of rotatable bonds is 8. The normalized spacial score (nSPS) is 30.9. The van der Waals surface area contributed by atoms with Gasteiger partial charge in [0, 0.05) is 11.6 Å². The van der Waals surface area contributed by atoms with Crippen LogP contribution in [0.15, 0.2) is 39.5 Å². The summed E-state index contributed by atoms with van der Waals surface area (Å²) < 4.78 is 34.0. The zero-order valence-electron chi connectivity index (χ0n) is 23.0. The van der Waals surface area contributed by atoms with E-state index in [1.54, 1.807) is 0 Å². The third-order valence-electron chi connectivity index (χ3n) is 7.68. The first-order valence-corrected chi connectivity index (χ1v) is 13.1. The fourth-order valence-electron chi connectivity index (χ4n) is 5.30. The molecule has 3 aromatic rings. The van der Waals surface area contributed by atoms with Gasteiger partial charge in [-0.1, -0.05) is 0 Å². The van der Waals surface area contributed by atoms with E-state index in [4.69, 9.17) is 28.1 Å². The fourth-order valence-corrected chi connectivity index (χ4v) is 5.30. The van der Waals surface area contributed by atoms with Gasteiger partial charge >= 0.3 is 0 Å². The summed E-state index contributed by atoms with van der Waals surface area (Å²) in [4.78, 5) is 13.4. The lowest BCUT2D eigenvalue weighted by Gasteiger charge is -2.43. The maximum absolute atomic E-state index is 13.4. The van der Waals surface area contributed by atoms with Gasteiger partial charge in [0.25, 0.3) is 0 Å². The van der Waals surface area contributed by atoms with E-state index >= 15 is 0 Å². The zero-order valence-corrected chi connectivity index (χ0v) is 23.0. The lowest BCUT2D eigenvalue weighted by Crippen LogP contribution is -2.58. The molecule has 8 N–H and O–H groups in total. The Kier molecular flexibility index (Phi) is 8.54. The Hall–Kier alpha value is -3.51. The van der Waals surface area contributed by atoms with Crippen LogP contribution in [0.5, 0.6) is 23.0 Å². The van der Waals surface area contributed by atoms with E-state index in [0.29, 0.717) is 5.56 Å². The SMILES string of the molecule is COc1c([C@@H]2O[C@H](CO)[C@@H](O)[C@H](O)[C@H]2O[C@@H]2OC[C@](O)(CO)[C@@H]2O)c(O)c2c(=O)cc(-c3ccc(O)cc3)oc2c1OC. The molecule has 15 heteroatoms. The molecule has 0 radical (unpaired) electrons. The van der Waals surface area contributed by atoms with E-state index in [0.717, 1.165) is 6.07 Å². The summed E-state index contributed by atoms with van der Waals surface area (Å²) in [6, 6.07) is 6.90. The Morgan fingerprint density at radius 1 is 1.00 bits per heavy atom. The first-order chi connectivity index (χ1) is 20.5. The first-order valence-electron chi connectivity index (χ1n) is 13.1. The summed E-state index contributed by atoms with van der Waals surface area (Å²) in [6.07, 6.45) is -11.7. The van der Waals surface area contributed by atoms with Gasteiger partial charge in [-0.05, 0) is 24.3 Å². The molecule has 234 valence electrons. The number of aliphatic hydroxyl groups excluding tert-OH is 5. The number of benzene rings is 2. The predicted octanol–water partition coefficient (Wildman–Crippen LogP) is -1.13. The van der Waals surface area contributed by atoms with E-state index in [2.05, 4.69) is 0 Å². The van der Waals surface area contributed by atoms with E-state index in [1.807, 2.05) is 0 Å². The van der Waals surface area contributed by atoms with Crippen LogP contribution in [0.3, 0.4) is 0 Å². The highest BCUT2D eigenvalue weighted by Crippen LogP contribution is 2.51. The molecule has 5 rings (SSSR count). The second-order valence-electron chi connectivity index (χ2n) is 10.3. The average Bonchev–Trinajstić information content (AvgIpc) is 3.28. The highest BCUT2D eigenvalue weighted by atomic mass is 16.7. The molecule has 2 aromatic carbocycles. The van der Waals surface area contributed by atoms with Crippen LogP contribution in [0.1, 0.15) is 11.7 Å². The minimum atomic E-state index is -2.09. The van der Waals surface area contributed by atoms with E-state index in [9.17, 15) is 45.6 Å². The lowest BCUT2D eigenvalue weighted by molar-refractivity contribution is -0.287. The molecule has 15 nitrogen and oxygen atoms in total. The third-order valence-corrected chi connectivity index (χ3v) is 7.68. The Morgan fingerprint density at radius 3 is 2.26 bits per heavy atom. The molecule has 0 saturated carbocycles. The van der Waals surface area contributed by atoms with Gasteiger partial charge in [0.05, 0.1) is 39.6 Å². The lowest BCUT2D eigenvalue weighted by atomic mass is 9.89. The smallest absolute Gasteiger partial charge is 0.205 e. The number of phenols is 2. The van der Waals surface area contributed by atoms with Crippen molar-refractivity contribution in [3.8, 4) is 34.3 Å². The number of methoxy groups -OCH3 is 2. The van der Waals surface area contributed by atoms with Crippen molar-refractivity contribution in [1.29, 1.82) is 0 Å². The van der Waals surface area contributed by atoms with Crippen LogP contribution in [0.2, 0.25) is 0 Å². The summed E-state index contributed by atoms with van der Waals surface area (Å²) in [5, 5.41) is 82.8. The van der Waals surface area contributed by atoms with Crippen molar-refractivity contribution in [2.24, 2.45) is 0 Å². The Labute approximate surface area is 243 Å². The molecule has 8 atom stereocenters. The summed E-state index contributed by atoms with van der Waals surface area (Å²) in [5.74, 6) is -1.06. The molecular weight excluding hydrogens is 576 g/mol. The number of hydrogen-bond donors (Lipinski definition) is 8. The van der Waals surface area contributed by atoms with Crippen molar-refractivity contribution in [3.05, 3.63) is 46.1 Å². The molecule has 2 aliphatic heterocycles. The van der Waals surface area contributed by atoms with Crippen LogP contribution < -0.4 is 14.9 Å². The number of ether oxygens (including phenoxy) is 5. The number of fused-ring (bicyclic) bond motifs is 1. The van der Waals surface area contributed by atoms with Crippen LogP contribution in [-0.4, -0.2) is 117 Å². The number of aliphatic hydroxyl groups is 6. The predicted molar refractivity (Wildman–Crippen MR) is 144 cm³/mol. The van der Waals surface area contributed by atoms with E-state index < -0.39 is 79.5 Å². The van der Waals surface area contributed by atoms with Crippen molar-refractivity contribution in [2.45, 2.75) is 48.5 Å². The third kappa shape index (κ3) is 5.18. The summed E-state index contributed by atoms with van der Waals surface area (Å²) in [5.41, 5.74) is -2.90. The average molecular weight is 609 g/mol. The molecule has 0 amide bonds. The molecule has 43 heavy (non-hydrogen) atoms. The minimum Gasteiger partial charge on any atom is -0.508 e. The quantitative estimate of drug-likeness (QED) is 0.151. The van der Waals surface area contributed by atoms with Crippen molar-refractivity contribution in [2.75, 3.05) is 34.0 Å². The molecule has 0 aliphatic carbocycles. The van der Waals surface area contributed by atoms with Gasteiger partial charge in [-0.2, -0.15) is 0 Å². The maximum Gasteiger partial charge on any atom is 0.205 e. The second-order valence-corrected chi connectivity index (χ2v) is 10.3. The first kappa shape index (κ1) is 30.9. The van der Waals surface area contributed by atoms with Gasteiger partial charge < -0.3 is 69.0 Å². The van der Waals surface area contributed by atoms with Gasteiger partial charge in [-0.15, -0.1) is 0 Å². The van der Waals surface area contributed by atoms with Crippen LogP contribution in [0, 0.1) is 0 Å². The summed E-state index contributed by atoms with van der Waals surface area (Å²) in [7, 11) is 2.46. The second kappa shape index (κ2) is 11.9. The van der Waals surface area contributed by atoms with E-state index in [1.165, 1.54) is 38.5 Å². The van der Waals surface area contributed by atoms with Gasteiger partial charge in [0.15, 0.2) is 23.1 Å². The number of hydrogen-bond acceptors (Lipinski definition) is 15. The number of aromatic hydroxyl groups is 2. The minimum absolute atomic E-state index is 0.0114. The molecule has 3 heterocycles. The highest BCUT2D eigenvalue weighted by Gasteiger charge is 2.54. The maximum atomic E-state index is 13.4. The molecule has 2 aliphatic rings. The van der Waals surface area contributed by atoms with Gasteiger partial charge in [-0.3, -0.25) is 4.79 Å². The van der Waals surface area contributed by atoms with Crippen molar-refractivity contribution >= 4 is 11.0 Å².